The topological polar surface area (TPSA) is 64.9 Å². The minimum absolute atomic E-state index is 0.0124. The quantitative estimate of drug-likeness (QED) is 0.455. The molecule has 0 saturated carbocycles. The fraction of sp³-hybridized carbons (Fsp3) is 0.208. The molecule has 1 aliphatic heterocycles. The Hall–Kier alpha value is -3.72. The third kappa shape index (κ3) is 4.45. The lowest BCUT2D eigenvalue weighted by atomic mass is 10.0. The van der Waals surface area contributed by atoms with Crippen LogP contribution in [0.2, 0.25) is 0 Å². The summed E-state index contributed by atoms with van der Waals surface area (Å²) in [5.74, 6) is -2.24. The second kappa shape index (κ2) is 9.03. The number of hydrogen-bond donors (Lipinski definition) is 1. The molecule has 1 saturated heterocycles. The number of nitrogens with one attached hydrogen (secondary N) is 1. The van der Waals surface area contributed by atoms with Gasteiger partial charge in [0.2, 0.25) is 0 Å². The van der Waals surface area contributed by atoms with Gasteiger partial charge in [-0.05, 0) is 68.4 Å². The van der Waals surface area contributed by atoms with Crippen molar-refractivity contribution in [1.82, 2.24) is 24.8 Å². The summed E-state index contributed by atoms with van der Waals surface area (Å²) in [5, 5.41) is 3.35. The molecule has 1 aliphatic rings. The standard InChI is InChI=1S/C24H20F3N5O/c25-16-3-1-15(2-4-16)22-23(32(14-30-22)17-7-10-28-11-8-17)21-9-12-29-24(31-21)33-18-5-6-19(26)20(27)13-18/h1-6,9,12-14,17,28H,7-8,10-11H2. The summed E-state index contributed by atoms with van der Waals surface area (Å²) in [4.78, 5) is 13.3. The van der Waals surface area contributed by atoms with Crippen LogP contribution >= 0.6 is 0 Å². The van der Waals surface area contributed by atoms with Crippen LogP contribution in [0.5, 0.6) is 11.8 Å². The van der Waals surface area contributed by atoms with Gasteiger partial charge in [-0.1, -0.05) is 0 Å². The van der Waals surface area contributed by atoms with Crippen molar-refractivity contribution in [2.75, 3.05) is 13.1 Å². The summed E-state index contributed by atoms with van der Waals surface area (Å²) in [5.41, 5.74) is 2.72. The van der Waals surface area contributed by atoms with E-state index in [0.29, 0.717) is 11.4 Å². The summed E-state index contributed by atoms with van der Waals surface area (Å²) >= 11 is 0. The molecule has 0 unspecified atom stereocenters. The minimum Gasteiger partial charge on any atom is -0.424 e. The van der Waals surface area contributed by atoms with Gasteiger partial charge < -0.3 is 14.6 Å². The Morgan fingerprint density at radius 1 is 0.909 bits per heavy atom. The summed E-state index contributed by atoms with van der Waals surface area (Å²) in [6.07, 6.45) is 5.17. The first-order chi connectivity index (χ1) is 16.1. The summed E-state index contributed by atoms with van der Waals surface area (Å²) in [6.45, 7) is 1.78. The Labute approximate surface area is 188 Å². The van der Waals surface area contributed by atoms with Crippen LogP contribution in [0.1, 0.15) is 18.9 Å². The molecule has 0 bridgehead atoms. The van der Waals surface area contributed by atoms with Gasteiger partial charge in [-0.3, -0.25) is 0 Å². The van der Waals surface area contributed by atoms with Crippen molar-refractivity contribution >= 4 is 0 Å². The van der Waals surface area contributed by atoms with Gasteiger partial charge in [0.25, 0.3) is 0 Å². The van der Waals surface area contributed by atoms with Gasteiger partial charge in [-0.15, -0.1) is 0 Å². The number of aromatic nitrogens is 4. The first kappa shape index (κ1) is 21.1. The third-order valence-electron chi connectivity index (χ3n) is 5.59. The van der Waals surface area contributed by atoms with E-state index in [2.05, 4.69) is 24.8 Å². The molecule has 2 aromatic carbocycles. The largest absolute Gasteiger partial charge is 0.424 e. The molecule has 0 spiro atoms. The maximum Gasteiger partial charge on any atom is 0.322 e. The second-order valence-electron chi connectivity index (χ2n) is 7.74. The fourth-order valence-electron chi connectivity index (χ4n) is 3.96. The highest BCUT2D eigenvalue weighted by atomic mass is 19.2. The maximum atomic E-state index is 13.6. The molecule has 2 aromatic heterocycles. The number of hydrogen-bond acceptors (Lipinski definition) is 5. The van der Waals surface area contributed by atoms with Gasteiger partial charge in [-0.2, -0.15) is 4.98 Å². The highest BCUT2D eigenvalue weighted by Crippen LogP contribution is 2.35. The monoisotopic (exact) mass is 451 g/mol. The van der Waals surface area contributed by atoms with Crippen LogP contribution in [0.4, 0.5) is 13.2 Å². The Bertz CT molecular complexity index is 1270. The lowest BCUT2D eigenvalue weighted by Crippen LogP contribution is -2.29. The van der Waals surface area contributed by atoms with E-state index in [1.165, 1.54) is 24.4 Å². The van der Waals surface area contributed by atoms with Crippen LogP contribution in [0.15, 0.2) is 61.1 Å². The summed E-state index contributed by atoms with van der Waals surface area (Å²) in [7, 11) is 0. The smallest absolute Gasteiger partial charge is 0.322 e. The van der Waals surface area contributed by atoms with E-state index in [9.17, 15) is 13.2 Å². The molecular weight excluding hydrogens is 431 g/mol. The van der Waals surface area contributed by atoms with Crippen molar-refractivity contribution < 1.29 is 17.9 Å². The van der Waals surface area contributed by atoms with E-state index in [4.69, 9.17) is 4.74 Å². The lowest BCUT2D eigenvalue weighted by Gasteiger charge is -2.25. The van der Waals surface area contributed by atoms with Gasteiger partial charge in [0, 0.05) is 23.9 Å². The molecule has 0 radical (unpaired) electrons. The highest BCUT2D eigenvalue weighted by molar-refractivity contribution is 5.77. The zero-order valence-electron chi connectivity index (χ0n) is 17.5. The number of piperidine rings is 1. The predicted molar refractivity (Wildman–Crippen MR) is 116 cm³/mol. The van der Waals surface area contributed by atoms with Gasteiger partial charge in [0.05, 0.1) is 23.4 Å². The molecule has 3 heterocycles. The maximum absolute atomic E-state index is 13.6. The van der Waals surface area contributed by atoms with Crippen LogP contribution in [0.25, 0.3) is 22.6 Å². The zero-order chi connectivity index (χ0) is 22.8. The van der Waals surface area contributed by atoms with Crippen LogP contribution in [-0.4, -0.2) is 32.6 Å². The molecule has 0 amide bonds. The third-order valence-corrected chi connectivity index (χ3v) is 5.59. The molecule has 0 atom stereocenters. The molecule has 6 nitrogen and oxygen atoms in total. The van der Waals surface area contributed by atoms with E-state index in [0.717, 1.165) is 49.3 Å². The van der Waals surface area contributed by atoms with Gasteiger partial charge in [-0.25, -0.2) is 23.1 Å². The molecule has 168 valence electrons. The molecule has 5 rings (SSSR count). The number of halogens is 3. The first-order valence-electron chi connectivity index (χ1n) is 10.6. The van der Waals surface area contributed by atoms with E-state index in [1.54, 1.807) is 24.5 Å². The molecule has 9 heteroatoms. The second-order valence-corrected chi connectivity index (χ2v) is 7.74. The van der Waals surface area contributed by atoms with Crippen molar-refractivity contribution in [2.45, 2.75) is 18.9 Å². The number of imidazole rings is 1. The predicted octanol–water partition coefficient (Wildman–Crippen LogP) is 5.14. The van der Waals surface area contributed by atoms with Crippen LogP contribution in [0, 0.1) is 17.5 Å². The fourth-order valence-corrected chi connectivity index (χ4v) is 3.96. The first-order valence-corrected chi connectivity index (χ1v) is 10.6. The van der Waals surface area contributed by atoms with E-state index >= 15 is 0 Å². The van der Waals surface area contributed by atoms with Crippen molar-refractivity contribution in [1.29, 1.82) is 0 Å². The Morgan fingerprint density at radius 3 is 2.45 bits per heavy atom. The van der Waals surface area contributed by atoms with Crippen molar-refractivity contribution in [3.05, 3.63) is 78.5 Å². The van der Waals surface area contributed by atoms with Crippen LogP contribution in [0.3, 0.4) is 0 Å². The van der Waals surface area contributed by atoms with E-state index in [1.807, 2.05) is 0 Å². The Morgan fingerprint density at radius 2 is 1.70 bits per heavy atom. The highest BCUT2D eigenvalue weighted by Gasteiger charge is 2.23. The average molecular weight is 451 g/mol. The summed E-state index contributed by atoms with van der Waals surface area (Å²) < 4.78 is 48.0. The number of ether oxygens (including phenoxy) is 1. The number of benzene rings is 2. The van der Waals surface area contributed by atoms with Crippen molar-refractivity contribution in [3.8, 4) is 34.4 Å². The molecule has 1 fully saturated rings. The van der Waals surface area contributed by atoms with E-state index in [-0.39, 0.29) is 23.6 Å². The average Bonchev–Trinajstić information content (AvgIpc) is 3.28. The van der Waals surface area contributed by atoms with E-state index < -0.39 is 11.6 Å². The number of rotatable bonds is 5. The summed E-state index contributed by atoms with van der Waals surface area (Å²) in [6, 6.07) is 11.3. The van der Waals surface area contributed by atoms with Gasteiger partial charge >= 0.3 is 6.01 Å². The normalized spacial score (nSPS) is 14.4. The number of nitrogens with zero attached hydrogens (tertiary/aromatic N) is 4. The van der Waals surface area contributed by atoms with Crippen LogP contribution < -0.4 is 10.1 Å². The molecule has 4 aromatic rings. The van der Waals surface area contributed by atoms with Gasteiger partial charge in [0.1, 0.15) is 11.6 Å². The minimum atomic E-state index is -1.02. The molecule has 0 aliphatic carbocycles. The Kier molecular flexibility index (Phi) is 5.78. The zero-order valence-corrected chi connectivity index (χ0v) is 17.5. The molecule has 1 N–H and O–H groups in total. The van der Waals surface area contributed by atoms with Crippen molar-refractivity contribution in [3.63, 3.8) is 0 Å². The molecule has 33 heavy (non-hydrogen) atoms. The SMILES string of the molecule is Fc1ccc(-c2ncn(C3CCNCC3)c2-c2ccnc(Oc3ccc(F)c(F)c3)n2)cc1. The Balaban J connectivity index is 1.56. The molecular formula is C24H20F3N5O. The lowest BCUT2D eigenvalue weighted by molar-refractivity contribution is 0.370. The van der Waals surface area contributed by atoms with Crippen LogP contribution in [-0.2, 0) is 0 Å². The van der Waals surface area contributed by atoms with Crippen molar-refractivity contribution in [2.24, 2.45) is 0 Å². The van der Waals surface area contributed by atoms with Gasteiger partial charge in [0.15, 0.2) is 11.6 Å².